The molecule has 2 atom stereocenters. The summed E-state index contributed by atoms with van der Waals surface area (Å²) in [5.74, 6) is -8.90. The Morgan fingerprint density at radius 3 is 2.15 bits per heavy atom. The minimum Gasteiger partial charge on any atom is -0.466 e. The fourth-order valence-corrected chi connectivity index (χ4v) is 3.10. The lowest BCUT2D eigenvalue weighted by Gasteiger charge is -2.10. The first kappa shape index (κ1) is 20.4. The number of ether oxygens (including phenoxy) is 2. The summed E-state index contributed by atoms with van der Waals surface area (Å²) in [7, 11) is 1.20. The highest BCUT2D eigenvalue weighted by Gasteiger charge is 2.61. The Morgan fingerprint density at radius 1 is 1.12 bits per heavy atom. The molecule has 0 amide bonds. The first-order valence-corrected chi connectivity index (χ1v) is 8.26. The third-order valence-corrected chi connectivity index (χ3v) is 5.16. The van der Waals surface area contributed by atoms with Gasteiger partial charge in [0, 0.05) is 6.08 Å². The lowest BCUT2D eigenvalue weighted by atomic mass is 10.1. The highest BCUT2D eigenvalue weighted by molar-refractivity contribution is 9.10. The normalized spacial score (nSPS) is 20.9. The van der Waals surface area contributed by atoms with Crippen LogP contribution in [0.4, 0.5) is 17.6 Å². The maximum atomic E-state index is 13.8. The summed E-state index contributed by atoms with van der Waals surface area (Å²) in [6, 6.07) is 0. The van der Waals surface area contributed by atoms with Crippen molar-refractivity contribution in [2.45, 2.75) is 20.5 Å². The molecule has 0 N–H and O–H groups in total. The number of allylic oxidation sites excluding steroid dienone is 1. The molecule has 0 heterocycles. The standard InChI is InChI=1S/C17H15BrF4O4/c1-17(2)8(4-5-9(23)25-3)10(17)16(24)26-6-7-12(19)14(21)11(18)15(22)13(7)20/h4-5,8,10H,6H2,1-3H3/b5-4-/t8-,10-/m0/s1. The molecular weight excluding hydrogens is 424 g/mol. The minimum absolute atomic E-state index is 0.345. The number of halogens is 5. The number of hydrogen-bond acceptors (Lipinski definition) is 4. The summed E-state index contributed by atoms with van der Waals surface area (Å²) >= 11 is 2.40. The van der Waals surface area contributed by atoms with Crippen molar-refractivity contribution in [3.63, 3.8) is 0 Å². The maximum Gasteiger partial charge on any atom is 0.330 e. The number of carbonyl (C=O) groups is 2. The van der Waals surface area contributed by atoms with Crippen molar-refractivity contribution in [3.8, 4) is 0 Å². The SMILES string of the molecule is COC(=O)/C=C\[C@H]1[C@@H](C(=O)OCc2c(F)c(F)c(Br)c(F)c2F)C1(C)C. The average molecular weight is 439 g/mol. The van der Waals surface area contributed by atoms with E-state index in [9.17, 15) is 27.2 Å². The van der Waals surface area contributed by atoms with Gasteiger partial charge < -0.3 is 9.47 Å². The van der Waals surface area contributed by atoms with E-state index in [1.807, 2.05) is 0 Å². The molecule has 1 aliphatic carbocycles. The lowest BCUT2D eigenvalue weighted by molar-refractivity contribution is -0.147. The van der Waals surface area contributed by atoms with Crippen LogP contribution in [0.2, 0.25) is 0 Å². The van der Waals surface area contributed by atoms with Crippen LogP contribution in [0.25, 0.3) is 0 Å². The Morgan fingerprint density at radius 2 is 1.65 bits per heavy atom. The Bertz CT molecular complexity index is 762. The number of carbonyl (C=O) groups excluding carboxylic acids is 2. The number of hydrogen-bond donors (Lipinski definition) is 0. The molecule has 0 spiro atoms. The summed E-state index contributed by atoms with van der Waals surface area (Å²) in [5, 5.41) is 0. The molecule has 0 unspecified atom stereocenters. The van der Waals surface area contributed by atoms with Crippen molar-refractivity contribution in [3.05, 3.63) is 45.5 Å². The van der Waals surface area contributed by atoms with E-state index in [-0.39, 0.29) is 5.92 Å². The molecule has 1 aromatic rings. The molecule has 0 aromatic heterocycles. The Hall–Kier alpha value is -1.90. The van der Waals surface area contributed by atoms with Gasteiger partial charge in [0.15, 0.2) is 23.3 Å². The van der Waals surface area contributed by atoms with Gasteiger partial charge >= 0.3 is 11.9 Å². The average Bonchev–Trinajstić information content (AvgIpc) is 3.16. The number of methoxy groups -OCH3 is 1. The summed E-state index contributed by atoms with van der Waals surface area (Å²) < 4.78 is 62.9. The van der Waals surface area contributed by atoms with Crippen molar-refractivity contribution in [1.29, 1.82) is 0 Å². The fraction of sp³-hybridized carbons (Fsp3) is 0.412. The van der Waals surface area contributed by atoms with Crippen LogP contribution in [0.1, 0.15) is 19.4 Å². The van der Waals surface area contributed by atoms with Gasteiger partial charge in [-0.2, -0.15) is 0 Å². The van der Waals surface area contributed by atoms with Gasteiger partial charge in [-0.15, -0.1) is 0 Å². The van der Waals surface area contributed by atoms with E-state index in [2.05, 4.69) is 20.7 Å². The first-order valence-electron chi connectivity index (χ1n) is 7.47. The van der Waals surface area contributed by atoms with Gasteiger partial charge in [-0.1, -0.05) is 19.9 Å². The van der Waals surface area contributed by atoms with Crippen LogP contribution in [0.5, 0.6) is 0 Å². The highest BCUT2D eigenvalue weighted by Crippen LogP contribution is 2.59. The molecule has 1 aromatic carbocycles. The quantitative estimate of drug-likeness (QED) is 0.229. The lowest BCUT2D eigenvalue weighted by Crippen LogP contribution is -2.13. The summed E-state index contributed by atoms with van der Waals surface area (Å²) in [5.41, 5.74) is -1.56. The zero-order valence-corrected chi connectivity index (χ0v) is 15.6. The molecule has 26 heavy (non-hydrogen) atoms. The Labute approximate surface area is 155 Å². The molecule has 2 rings (SSSR count). The second kappa shape index (κ2) is 7.38. The molecule has 9 heteroatoms. The van der Waals surface area contributed by atoms with Crippen LogP contribution < -0.4 is 0 Å². The topological polar surface area (TPSA) is 52.6 Å². The molecule has 1 fully saturated rings. The predicted octanol–water partition coefficient (Wildman–Crippen LogP) is 4.05. The predicted molar refractivity (Wildman–Crippen MR) is 85.7 cm³/mol. The van der Waals surface area contributed by atoms with Gasteiger partial charge in [-0.25, -0.2) is 22.4 Å². The zero-order valence-electron chi connectivity index (χ0n) is 14.0. The molecule has 1 saturated carbocycles. The van der Waals surface area contributed by atoms with Gasteiger partial charge in [0.05, 0.1) is 23.1 Å². The zero-order chi connectivity index (χ0) is 19.8. The molecule has 142 valence electrons. The molecule has 0 saturated heterocycles. The number of benzene rings is 1. The van der Waals surface area contributed by atoms with Crippen LogP contribution in [0.15, 0.2) is 16.6 Å². The molecule has 0 aliphatic heterocycles. The van der Waals surface area contributed by atoms with E-state index in [4.69, 9.17) is 4.74 Å². The number of rotatable bonds is 5. The van der Waals surface area contributed by atoms with E-state index in [0.29, 0.717) is 0 Å². The minimum atomic E-state index is -1.64. The van der Waals surface area contributed by atoms with E-state index < -0.39 is 63.2 Å². The van der Waals surface area contributed by atoms with Crippen LogP contribution >= 0.6 is 15.9 Å². The summed E-state index contributed by atoms with van der Waals surface area (Å²) in [6.07, 6.45) is 2.65. The van der Waals surface area contributed by atoms with Crippen molar-refractivity contribution < 1.29 is 36.6 Å². The van der Waals surface area contributed by atoms with Crippen LogP contribution in [-0.2, 0) is 25.7 Å². The van der Waals surface area contributed by atoms with Crippen LogP contribution in [-0.4, -0.2) is 19.0 Å². The van der Waals surface area contributed by atoms with Crippen molar-refractivity contribution in [2.75, 3.05) is 7.11 Å². The van der Waals surface area contributed by atoms with E-state index in [0.717, 1.165) is 0 Å². The van der Waals surface area contributed by atoms with Crippen molar-refractivity contribution in [1.82, 2.24) is 0 Å². The molecular formula is C17H15BrF4O4. The summed E-state index contributed by atoms with van der Waals surface area (Å²) in [6.45, 7) is 2.52. The maximum absolute atomic E-state index is 13.8. The fourth-order valence-electron chi connectivity index (χ4n) is 2.75. The third kappa shape index (κ3) is 3.62. The van der Waals surface area contributed by atoms with Gasteiger partial charge in [-0.05, 0) is 27.3 Å². The smallest absolute Gasteiger partial charge is 0.330 e. The third-order valence-electron chi connectivity index (χ3n) is 4.46. The molecule has 0 radical (unpaired) electrons. The van der Waals surface area contributed by atoms with Crippen molar-refractivity contribution >= 4 is 27.9 Å². The Balaban J connectivity index is 2.11. The second-order valence-electron chi connectivity index (χ2n) is 6.36. The van der Waals surface area contributed by atoms with Gasteiger partial charge in [0.25, 0.3) is 0 Å². The Kier molecular flexibility index (Phi) is 5.79. The second-order valence-corrected chi connectivity index (χ2v) is 7.16. The largest absolute Gasteiger partial charge is 0.466 e. The molecule has 1 aliphatic rings. The van der Waals surface area contributed by atoms with Gasteiger partial charge in [-0.3, -0.25) is 4.79 Å². The first-order chi connectivity index (χ1) is 12.0. The van der Waals surface area contributed by atoms with E-state index >= 15 is 0 Å². The van der Waals surface area contributed by atoms with E-state index in [1.54, 1.807) is 13.8 Å². The van der Waals surface area contributed by atoms with Crippen molar-refractivity contribution in [2.24, 2.45) is 17.3 Å². The van der Waals surface area contributed by atoms with E-state index in [1.165, 1.54) is 19.3 Å². The van der Waals surface area contributed by atoms with Gasteiger partial charge in [0.2, 0.25) is 0 Å². The molecule has 4 nitrogen and oxygen atoms in total. The van der Waals surface area contributed by atoms with Crippen LogP contribution in [0.3, 0.4) is 0 Å². The summed E-state index contributed by atoms with van der Waals surface area (Å²) in [4.78, 5) is 23.3. The monoisotopic (exact) mass is 438 g/mol. The number of esters is 2. The van der Waals surface area contributed by atoms with Crippen LogP contribution in [0, 0.1) is 40.5 Å². The highest BCUT2D eigenvalue weighted by atomic mass is 79.9. The van der Waals surface area contributed by atoms with Gasteiger partial charge in [0.1, 0.15) is 6.61 Å². The molecule has 0 bridgehead atoms.